The Balaban J connectivity index is 2.07. The van der Waals surface area contributed by atoms with E-state index in [1.807, 2.05) is 6.07 Å². The molecule has 0 atom stereocenters. The first-order valence-corrected chi connectivity index (χ1v) is 5.29. The molecule has 2 heterocycles. The molecule has 0 aliphatic carbocycles. The average molecular weight is 201 g/mol. The van der Waals surface area contributed by atoms with Crippen LogP contribution >= 0.6 is 0 Å². The molecule has 0 bridgehead atoms. The third-order valence-corrected chi connectivity index (χ3v) is 2.53. The Bertz CT molecular complexity index is 332. The zero-order valence-electron chi connectivity index (χ0n) is 8.76. The van der Waals surface area contributed by atoms with E-state index in [0.717, 1.165) is 31.9 Å². The summed E-state index contributed by atoms with van der Waals surface area (Å²) in [5.41, 5.74) is 1.22. The van der Waals surface area contributed by atoms with Crippen LogP contribution in [0, 0.1) is 6.92 Å². The van der Waals surface area contributed by atoms with Crippen molar-refractivity contribution in [3.8, 4) is 0 Å². The largest absolute Gasteiger partial charge is 0.299 e. The van der Waals surface area contributed by atoms with Gasteiger partial charge in [-0.1, -0.05) is 6.08 Å². The maximum atomic E-state index is 5.55. The van der Waals surface area contributed by atoms with Crippen LogP contribution in [-0.4, -0.2) is 34.5 Å². The Kier molecular flexibility index (Phi) is 3.45. The first kappa shape index (κ1) is 10.3. The highest BCUT2D eigenvalue weighted by molar-refractivity contribution is 5.61. The van der Waals surface area contributed by atoms with Crippen LogP contribution in [0.1, 0.15) is 18.7 Å². The van der Waals surface area contributed by atoms with E-state index in [2.05, 4.69) is 20.9 Å². The highest BCUT2D eigenvalue weighted by atomic mass is 15.1. The summed E-state index contributed by atoms with van der Waals surface area (Å²) < 4.78 is 0. The molecular formula is C12H15N3. The first-order chi connectivity index (χ1) is 7.40. The summed E-state index contributed by atoms with van der Waals surface area (Å²) in [6.45, 7) is 8.51. The maximum absolute atomic E-state index is 5.55. The van der Waals surface area contributed by atoms with Crippen LogP contribution in [-0.2, 0) is 0 Å². The van der Waals surface area contributed by atoms with Crippen LogP contribution in [0.3, 0.4) is 0 Å². The third kappa shape index (κ3) is 2.63. The van der Waals surface area contributed by atoms with Crippen molar-refractivity contribution in [3.05, 3.63) is 37.3 Å². The lowest BCUT2D eigenvalue weighted by Crippen LogP contribution is -2.30. The number of nitrogens with zero attached hydrogens (tertiary/aromatic N) is 3. The summed E-state index contributed by atoms with van der Waals surface area (Å²) in [7, 11) is 0. The lowest BCUT2D eigenvalue weighted by molar-refractivity contribution is 0.309. The van der Waals surface area contributed by atoms with E-state index in [9.17, 15) is 0 Å². The van der Waals surface area contributed by atoms with E-state index in [1.165, 1.54) is 5.57 Å². The fraction of sp³-hybridized carbons (Fsp3) is 0.417. The van der Waals surface area contributed by atoms with Gasteiger partial charge in [-0.25, -0.2) is 9.97 Å². The van der Waals surface area contributed by atoms with Crippen LogP contribution in [0.25, 0.3) is 5.57 Å². The van der Waals surface area contributed by atoms with Gasteiger partial charge in [-0.05, 0) is 32.4 Å². The predicted octanol–water partition coefficient (Wildman–Crippen LogP) is 1.67. The normalized spacial score (nSPS) is 17.5. The number of hydrogen-bond acceptors (Lipinski definition) is 3. The number of aromatic nitrogens is 2. The molecule has 0 unspecified atom stereocenters. The molecule has 0 N–H and O–H groups in total. The quantitative estimate of drug-likeness (QED) is 0.745. The van der Waals surface area contributed by atoms with Crippen molar-refractivity contribution in [1.82, 2.24) is 14.9 Å². The second-order valence-corrected chi connectivity index (χ2v) is 3.66. The topological polar surface area (TPSA) is 29.0 Å². The van der Waals surface area contributed by atoms with Crippen LogP contribution in [0.2, 0.25) is 0 Å². The summed E-state index contributed by atoms with van der Waals surface area (Å²) >= 11 is 0. The second-order valence-electron chi connectivity index (χ2n) is 3.66. The molecule has 3 heteroatoms. The molecular weight excluding hydrogens is 186 g/mol. The molecule has 0 saturated carbocycles. The van der Waals surface area contributed by atoms with Gasteiger partial charge in [0.15, 0.2) is 5.82 Å². The van der Waals surface area contributed by atoms with Crippen molar-refractivity contribution < 1.29 is 0 Å². The van der Waals surface area contributed by atoms with E-state index < -0.39 is 0 Å². The standard InChI is InChI=1S/C12H15N3/c1-2-8-15-9-3-5-11(10-15)12-13-6-4-7-14-12/h1,4-7H,2-3,8-10H2. The Hall–Kier alpha value is -1.22. The smallest absolute Gasteiger partial charge is 0.155 e. The minimum absolute atomic E-state index is 0.711. The zero-order valence-corrected chi connectivity index (χ0v) is 8.76. The van der Waals surface area contributed by atoms with Gasteiger partial charge in [0.25, 0.3) is 0 Å². The average Bonchev–Trinajstić information content (AvgIpc) is 2.31. The fourth-order valence-corrected chi connectivity index (χ4v) is 1.81. The molecule has 0 fully saturated rings. The van der Waals surface area contributed by atoms with Gasteiger partial charge in [-0.15, -0.1) is 0 Å². The zero-order chi connectivity index (χ0) is 10.5. The van der Waals surface area contributed by atoms with E-state index in [4.69, 9.17) is 6.92 Å². The Morgan fingerprint density at radius 2 is 2.13 bits per heavy atom. The van der Waals surface area contributed by atoms with E-state index in [1.54, 1.807) is 12.4 Å². The maximum Gasteiger partial charge on any atom is 0.155 e. The summed E-state index contributed by atoms with van der Waals surface area (Å²) in [5.74, 6) is 0.847. The molecule has 0 aromatic carbocycles. The molecule has 15 heavy (non-hydrogen) atoms. The van der Waals surface area contributed by atoms with Crippen molar-refractivity contribution in [2.24, 2.45) is 0 Å². The van der Waals surface area contributed by atoms with Gasteiger partial charge in [0.1, 0.15) is 0 Å². The molecule has 2 rings (SSSR count). The first-order valence-electron chi connectivity index (χ1n) is 5.29. The van der Waals surface area contributed by atoms with Gasteiger partial charge < -0.3 is 0 Å². The Morgan fingerprint density at radius 1 is 1.33 bits per heavy atom. The molecule has 0 amide bonds. The van der Waals surface area contributed by atoms with E-state index in [0.29, 0.717) is 6.42 Å². The minimum Gasteiger partial charge on any atom is -0.299 e. The SMILES string of the molecule is [CH]CCN1CCC=C(c2ncccn2)C1. The molecule has 78 valence electrons. The van der Waals surface area contributed by atoms with Gasteiger partial charge in [0.05, 0.1) is 0 Å². The number of rotatable bonds is 3. The van der Waals surface area contributed by atoms with Crippen LogP contribution in [0.4, 0.5) is 0 Å². The van der Waals surface area contributed by atoms with E-state index in [-0.39, 0.29) is 0 Å². The van der Waals surface area contributed by atoms with Gasteiger partial charge >= 0.3 is 0 Å². The van der Waals surface area contributed by atoms with Gasteiger partial charge in [0.2, 0.25) is 0 Å². The second kappa shape index (κ2) is 5.03. The summed E-state index contributed by atoms with van der Waals surface area (Å²) in [5, 5.41) is 0. The molecule has 2 radical (unpaired) electrons. The Labute approximate surface area is 90.9 Å². The van der Waals surface area contributed by atoms with Gasteiger partial charge in [-0.2, -0.15) is 0 Å². The third-order valence-electron chi connectivity index (χ3n) is 2.53. The van der Waals surface area contributed by atoms with Crippen LogP contribution in [0.15, 0.2) is 24.5 Å². The van der Waals surface area contributed by atoms with Crippen molar-refractivity contribution in [2.45, 2.75) is 12.8 Å². The van der Waals surface area contributed by atoms with Gasteiger partial charge in [-0.3, -0.25) is 4.90 Å². The molecule has 3 nitrogen and oxygen atoms in total. The van der Waals surface area contributed by atoms with Crippen molar-refractivity contribution in [1.29, 1.82) is 0 Å². The lowest BCUT2D eigenvalue weighted by atomic mass is 10.1. The predicted molar refractivity (Wildman–Crippen MR) is 60.0 cm³/mol. The summed E-state index contributed by atoms with van der Waals surface area (Å²) in [6, 6.07) is 1.84. The molecule has 1 aliphatic rings. The Morgan fingerprint density at radius 3 is 2.87 bits per heavy atom. The molecule has 1 aromatic rings. The van der Waals surface area contributed by atoms with Crippen molar-refractivity contribution >= 4 is 5.57 Å². The number of hydrogen-bond donors (Lipinski definition) is 0. The molecule has 0 saturated heterocycles. The van der Waals surface area contributed by atoms with Crippen molar-refractivity contribution in [3.63, 3.8) is 0 Å². The van der Waals surface area contributed by atoms with Crippen molar-refractivity contribution in [2.75, 3.05) is 19.6 Å². The fourth-order valence-electron chi connectivity index (χ4n) is 1.81. The summed E-state index contributed by atoms with van der Waals surface area (Å²) in [4.78, 5) is 10.9. The molecule has 0 spiro atoms. The molecule has 1 aromatic heterocycles. The minimum atomic E-state index is 0.711. The van der Waals surface area contributed by atoms with Crippen LogP contribution < -0.4 is 0 Å². The highest BCUT2D eigenvalue weighted by Gasteiger charge is 2.14. The van der Waals surface area contributed by atoms with Crippen LogP contribution in [0.5, 0.6) is 0 Å². The van der Waals surface area contributed by atoms with Gasteiger partial charge in [0, 0.05) is 31.1 Å². The summed E-state index contributed by atoms with van der Waals surface area (Å²) in [6.07, 6.45) is 7.56. The lowest BCUT2D eigenvalue weighted by Gasteiger charge is -2.25. The highest BCUT2D eigenvalue weighted by Crippen LogP contribution is 2.16. The van der Waals surface area contributed by atoms with E-state index >= 15 is 0 Å². The molecule has 1 aliphatic heterocycles. The monoisotopic (exact) mass is 201 g/mol.